The topological polar surface area (TPSA) is 21.3 Å². The van der Waals surface area contributed by atoms with Gasteiger partial charge in [0.1, 0.15) is 6.73 Å². The van der Waals surface area contributed by atoms with Gasteiger partial charge in [-0.1, -0.05) is 34.1 Å². The fourth-order valence-corrected chi connectivity index (χ4v) is 2.82. The van der Waals surface area contributed by atoms with Gasteiger partial charge in [0.2, 0.25) is 0 Å². The van der Waals surface area contributed by atoms with E-state index in [0.29, 0.717) is 6.73 Å². The Kier molecular flexibility index (Phi) is 3.11. The highest BCUT2D eigenvalue weighted by atomic mass is 79.9. The fraction of sp³-hybridized carbons (Fsp3) is 0.250. The van der Waals surface area contributed by atoms with Crippen LogP contribution in [0.4, 0.5) is 5.69 Å². The van der Waals surface area contributed by atoms with Gasteiger partial charge in [-0.25, -0.2) is 0 Å². The van der Waals surface area contributed by atoms with Gasteiger partial charge < -0.3 is 10.1 Å². The van der Waals surface area contributed by atoms with Gasteiger partial charge in [-0.2, -0.15) is 0 Å². The largest absolute Gasteiger partial charge is 0.362 e. The highest BCUT2D eigenvalue weighted by Gasteiger charge is 2.28. The quantitative estimate of drug-likeness (QED) is 0.819. The third kappa shape index (κ3) is 2.40. The van der Waals surface area contributed by atoms with Crippen molar-refractivity contribution in [2.75, 3.05) is 12.0 Å². The zero-order valence-electron chi connectivity index (χ0n) is 11.0. The van der Waals surface area contributed by atoms with Crippen LogP contribution in [0.1, 0.15) is 19.4 Å². The van der Waals surface area contributed by atoms with Gasteiger partial charge in [0.25, 0.3) is 0 Å². The number of halogens is 1. The van der Waals surface area contributed by atoms with Crippen molar-refractivity contribution >= 4 is 21.6 Å². The van der Waals surface area contributed by atoms with E-state index in [1.807, 2.05) is 6.07 Å². The van der Waals surface area contributed by atoms with Gasteiger partial charge >= 0.3 is 0 Å². The Balaban J connectivity index is 2.10. The molecule has 2 aromatic carbocycles. The zero-order valence-corrected chi connectivity index (χ0v) is 12.6. The van der Waals surface area contributed by atoms with Crippen molar-refractivity contribution in [2.45, 2.75) is 19.4 Å². The van der Waals surface area contributed by atoms with Crippen molar-refractivity contribution < 1.29 is 4.74 Å². The molecule has 0 saturated carbocycles. The van der Waals surface area contributed by atoms with Crippen LogP contribution in [0.15, 0.2) is 46.9 Å². The summed E-state index contributed by atoms with van der Waals surface area (Å²) in [6.45, 7) is 4.78. The molecular formula is C16H16BrNO. The molecule has 0 radical (unpaired) electrons. The second kappa shape index (κ2) is 4.66. The van der Waals surface area contributed by atoms with Crippen LogP contribution in [0.3, 0.4) is 0 Å². The molecule has 0 fully saturated rings. The number of ether oxygens (including phenoxy) is 1. The molecule has 1 aliphatic heterocycles. The minimum absolute atomic E-state index is 0.247. The van der Waals surface area contributed by atoms with Crippen LogP contribution in [0.5, 0.6) is 0 Å². The zero-order chi connectivity index (χ0) is 13.5. The number of benzene rings is 2. The number of hydrogen-bond acceptors (Lipinski definition) is 2. The average Bonchev–Trinajstić information content (AvgIpc) is 2.38. The summed E-state index contributed by atoms with van der Waals surface area (Å²) < 4.78 is 6.88. The number of hydrogen-bond donors (Lipinski definition) is 1. The molecule has 0 atom stereocenters. The van der Waals surface area contributed by atoms with Gasteiger partial charge in [0.05, 0.1) is 5.60 Å². The Morgan fingerprint density at radius 1 is 1.11 bits per heavy atom. The predicted molar refractivity (Wildman–Crippen MR) is 82.2 cm³/mol. The maximum absolute atomic E-state index is 5.79. The second-order valence-electron chi connectivity index (χ2n) is 5.25. The smallest absolute Gasteiger partial charge is 0.117 e. The summed E-state index contributed by atoms with van der Waals surface area (Å²) in [7, 11) is 0. The Morgan fingerprint density at radius 3 is 2.68 bits per heavy atom. The van der Waals surface area contributed by atoms with E-state index in [4.69, 9.17) is 4.74 Å². The van der Waals surface area contributed by atoms with Gasteiger partial charge in [0.15, 0.2) is 0 Å². The van der Waals surface area contributed by atoms with Crippen molar-refractivity contribution in [1.29, 1.82) is 0 Å². The molecule has 0 aliphatic carbocycles. The van der Waals surface area contributed by atoms with Gasteiger partial charge in [-0.3, -0.25) is 0 Å². The minimum Gasteiger partial charge on any atom is -0.362 e. The second-order valence-corrected chi connectivity index (χ2v) is 6.16. The molecule has 0 unspecified atom stereocenters. The molecule has 2 nitrogen and oxygen atoms in total. The maximum atomic E-state index is 5.79. The lowest BCUT2D eigenvalue weighted by molar-refractivity contribution is -0.0178. The molecule has 1 aliphatic rings. The van der Waals surface area contributed by atoms with Crippen LogP contribution >= 0.6 is 15.9 Å². The molecule has 1 N–H and O–H groups in total. The van der Waals surface area contributed by atoms with Crippen molar-refractivity contribution in [3.05, 3.63) is 52.5 Å². The normalized spacial score (nSPS) is 16.6. The highest BCUT2D eigenvalue weighted by Crippen LogP contribution is 2.37. The lowest BCUT2D eigenvalue weighted by Gasteiger charge is -2.33. The van der Waals surface area contributed by atoms with Crippen LogP contribution < -0.4 is 5.32 Å². The molecule has 0 saturated heterocycles. The van der Waals surface area contributed by atoms with Crippen LogP contribution in [-0.4, -0.2) is 6.73 Å². The van der Waals surface area contributed by atoms with Crippen LogP contribution in [0.25, 0.3) is 11.1 Å². The minimum atomic E-state index is -0.247. The molecule has 1 heterocycles. The molecule has 0 aromatic heterocycles. The SMILES string of the molecule is CC1(C)OCNc2ccc(-c3cccc(Br)c3)cc21. The summed E-state index contributed by atoms with van der Waals surface area (Å²) in [6.07, 6.45) is 0. The van der Waals surface area contributed by atoms with Crippen molar-refractivity contribution in [3.8, 4) is 11.1 Å². The molecule has 3 rings (SSSR count). The summed E-state index contributed by atoms with van der Waals surface area (Å²) in [5.74, 6) is 0. The Hall–Kier alpha value is -1.32. The summed E-state index contributed by atoms with van der Waals surface area (Å²) >= 11 is 3.52. The number of nitrogens with one attached hydrogen (secondary N) is 1. The first-order chi connectivity index (χ1) is 9.06. The summed E-state index contributed by atoms with van der Waals surface area (Å²) in [4.78, 5) is 0. The van der Waals surface area contributed by atoms with E-state index < -0.39 is 0 Å². The van der Waals surface area contributed by atoms with E-state index in [0.717, 1.165) is 10.2 Å². The standard InChI is InChI=1S/C16H16BrNO/c1-16(2)14-9-12(6-7-15(14)18-10-19-16)11-4-3-5-13(17)8-11/h3-9,18H,10H2,1-2H3. The molecule has 0 bridgehead atoms. The molecule has 2 aromatic rings. The first-order valence-electron chi connectivity index (χ1n) is 6.34. The van der Waals surface area contributed by atoms with E-state index >= 15 is 0 Å². The fourth-order valence-electron chi connectivity index (χ4n) is 2.42. The Morgan fingerprint density at radius 2 is 1.89 bits per heavy atom. The lowest BCUT2D eigenvalue weighted by atomic mass is 9.91. The maximum Gasteiger partial charge on any atom is 0.117 e. The first-order valence-corrected chi connectivity index (χ1v) is 7.14. The van der Waals surface area contributed by atoms with E-state index in [2.05, 4.69) is 71.5 Å². The summed E-state index contributed by atoms with van der Waals surface area (Å²) in [5, 5.41) is 3.28. The lowest BCUT2D eigenvalue weighted by Crippen LogP contribution is -2.31. The van der Waals surface area contributed by atoms with E-state index in [1.165, 1.54) is 16.7 Å². The number of rotatable bonds is 1. The molecule has 19 heavy (non-hydrogen) atoms. The molecule has 98 valence electrons. The van der Waals surface area contributed by atoms with E-state index in [9.17, 15) is 0 Å². The number of fused-ring (bicyclic) bond motifs is 1. The monoisotopic (exact) mass is 317 g/mol. The summed E-state index contributed by atoms with van der Waals surface area (Å²) in [6, 6.07) is 14.8. The van der Waals surface area contributed by atoms with Crippen molar-refractivity contribution in [2.24, 2.45) is 0 Å². The van der Waals surface area contributed by atoms with Gasteiger partial charge in [-0.15, -0.1) is 0 Å². The third-order valence-corrected chi connectivity index (χ3v) is 4.02. The molecule has 0 spiro atoms. The highest BCUT2D eigenvalue weighted by molar-refractivity contribution is 9.10. The van der Waals surface area contributed by atoms with Gasteiger partial charge in [0, 0.05) is 15.7 Å². The summed E-state index contributed by atoms with van der Waals surface area (Å²) in [5.41, 5.74) is 4.54. The molecule has 3 heteroatoms. The van der Waals surface area contributed by atoms with E-state index in [-0.39, 0.29) is 5.60 Å². The van der Waals surface area contributed by atoms with E-state index in [1.54, 1.807) is 0 Å². The third-order valence-electron chi connectivity index (χ3n) is 3.52. The Bertz CT molecular complexity index is 622. The number of anilines is 1. The van der Waals surface area contributed by atoms with Crippen LogP contribution in [-0.2, 0) is 10.3 Å². The molecule has 0 amide bonds. The van der Waals surface area contributed by atoms with Crippen LogP contribution in [0.2, 0.25) is 0 Å². The average molecular weight is 318 g/mol. The first kappa shape index (κ1) is 12.7. The van der Waals surface area contributed by atoms with Crippen molar-refractivity contribution in [1.82, 2.24) is 0 Å². The molecular weight excluding hydrogens is 302 g/mol. The predicted octanol–water partition coefficient (Wildman–Crippen LogP) is 4.75. The Labute approximate surface area is 121 Å². The van der Waals surface area contributed by atoms with Crippen LogP contribution in [0, 0.1) is 0 Å². The van der Waals surface area contributed by atoms with Gasteiger partial charge in [-0.05, 0) is 49.2 Å². The van der Waals surface area contributed by atoms with Crippen molar-refractivity contribution in [3.63, 3.8) is 0 Å².